The van der Waals surface area contributed by atoms with E-state index in [0.29, 0.717) is 17.9 Å². The zero-order valence-electron chi connectivity index (χ0n) is 13.5. The van der Waals surface area contributed by atoms with Crippen molar-refractivity contribution in [3.05, 3.63) is 52.2 Å². The summed E-state index contributed by atoms with van der Waals surface area (Å²) in [6.45, 7) is 2.87. The maximum absolute atomic E-state index is 12.6. The summed E-state index contributed by atoms with van der Waals surface area (Å²) in [7, 11) is 0. The Hall–Kier alpha value is -2.34. The van der Waals surface area contributed by atoms with Crippen LogP contribution in [0.5, 0.6) is 0 Å². The van der Waals surface area contributed by atoms with Crippen molar-refractivity contribution in [1.82, 2.24) is 4.90 Å². The number of nitrogens with zero attached hydrogens (tertiary/aromatic N) is 1. The first kappa shape index (κ1) is 16.5. The third kappa shape index (κ3) is 3.59. The van der Waals surface area contributed by atoms with Crippen molar-refractivity contribution in [2.24, 2.45) is 0 Å². The van der Waals surface area contributed by atoms with E-state index in [9.17, 15) is 9.59 Å². The van der Waals surface area contributed by atoms with Gasteiger partial charge in [-0.3, -0.25) is 0 Å². The molecular weight excluding hydrogens is 324 g/mol. The Kier molecular flexibility index (Phi) is 5.15. The molecule has 0 radical (unpaired) electrons. The first-order chi connectivity index (χ1) is 11.7. The average Bonchev–Trinajstić information content (AvgIpc) is 3.26. The molecule has 24 heavy (non-hydrogen) atoms. The highest BCUT2D eigenvalue weighted by Crippen LogP contribution is 2.34. The number of likely N-dealkylation sites (tertiary alicyclic amines) is 1. The van der Waals surface area contributed by atoms with Gasteiger partial charge in [0.05, 0.1) is 18.2 Å². The fraction of sp³-hybridized carbons (Fsp3) is 0.333. The number of urea groups is 1. The van der Waals surface area contributed by atoms with E-state index in [4.69, 9.17) is 4.74 Å². The van der Waals surface area contributed by atoms with E-state index in [-0.39, 0.29) is 18.0 Å². The highest BCUT2D eigenvalue weighted by Gasteiger charge is 2.30. The summed E-state index contributed by atoms with van der Waals surface area (Å²) in [5.74, 6) is -0.354. The van der Waals surface area contributed by atoms with Crippen LogP contribution in [0.2, 0.25) is 0 Å². The second-order valence-electron chi connectivity index (χ2n) is 5.59. The van der Waals surface area contributed by atoms with E-state index < -0.39 is 0 Å². The number of anilines is 1. The molecular formula is C18H20N2O3S. The molecule has 1 fully saturated rings. The average molecular weight is 344 g/mol. The standard InChI is InChI=1S/C18H20N2O3S/c1-2-23-17(21)13-7-9-14(10-8-13)19-18(22)20-11-3-5-15(20)16-6-4-12-24-16/h4,6-10,12,15H,2-3,5,11H2,1H3,(H,19,22). The normalized spacial score (nSPS) is 16.9. The number of benzene rings is 1. The summed E-state index contributed by atoms with van der Waals surface area (Å²) in [6.07, 6.45) is 2.01. The van der Waals surface area contributed by atoms with Gasteiger partial charge in [-0.15, -0.1) is 11.3 Å². The molecule has 0 bridgehead atoms. The summed E-state index contributed by atoms with van der Waals surface area (Å²) >= 11 is 1.68. The lowest BCUT2D eigenvalue weighted by atomic mass is 10.2. The van der Waals surface area contributed by atoms with Crippen LogP contribution >= 0.6 is 11.3 Å². The van der Waals surface area contributed by atoms with Crippen LogP contribution in [0.15, 0.2) is 41.8 Å². The van der Waals surface area contributed by atoms with Crippen LogP contribution in [0.25, 0.3) is 0 Å². The minimum absolute atomic E-state index is 0.102. The number of esters is 1. The molecule has 1 aliphatic rings. The van der Waals surface area contributed by atoms with Gasteiger partial charge in [-0.25, -0.2) is 9.59 Å². The van der Waals surface area contributed by atoms with E-state index in [1.54, 1.807) is 42.5 Å². The lowest BCUT2D eigenvalue weighted by Gasteiger charge is -2.24. The smallest absolute Gasteiger partial charge is 0.338 e. The molecule has 1 aromatic heterocycles. The van der Waals surface area contributed by atoms with Gasteiger partial charge in [-0.05, 0) is 55.5 Å². The number of thiophene rings is 1. The van der Waals surface area contributed by atoms with Crippen LogP contribution in [0.3, 0.4) is 0 Å². The number of rotatable bonds is 4. The monoisotopic (exact) mass is 344 g/mol. The molecule has 1 aromatic carbocycles. The number of hydrogen-bond acceptors (Lipinski definition) is 4. The summed E-state index contributed by atoms with van der Waals surface area (Å²) in [6, 6.07) is 10.9. The Balaban J connectivity index is 1.65. The van der Waals surface area contributed by atoms with Crippen LogP contribution in [0.1, 0.15) is 41.0 Å². The van der Waals surface area contributed by atoms with Crippen molar-refractivity contribution in [3.63, 3.8) is 0 Å². The minimum atomic E-state index is -0.354. The Bertz CT molecular complexity index is 698. The summed E-state index contributed by atoms with van der Waals surface area (Å²) in [4.78, 5) is 27.3. The van der Waals surface area contributed by atoms with Crippen LogP contribution in [-0.4, -0.2) is 30.1 Å². The first-order valence-electron chi connectivity index (χ1n) is 8.07. The number of carbonyl (C=O) groups is 2. The molecule has 6 heteroatoms. The van der Waals surface area contributed by atoms with Crippen LogP contribution < -0.4 is 5.32 Å². The molecule has 2 aromatic rings. The zero-order chi connectivity index (χ0) is 16.9. The quantitative estimate of drug-likeness (QED) is 0.842. The van der Waals surface area contributed by atoms with E-state index >= 15 is 0 Å². The number of nitrogens with one attached hydrogen (secondary N) is 1. The second-order valence-corrected chi connectivity index (χ2v) is 6.57. The van der Waals surface area contributed by atoms with Crippen molar-refractivity contribution >= 4 is 29.0 Å². The molecule has 2 amide bonds. The molecule has 2 heterocycles. The van der Waals surface area contributed by atoms with E-state index in [1.807, 2.05) is 16.3 Å². The number of carbonyl (C=O) groups excluding carboxylic acids is 2. The SMILES string of the molecule is CCOC(=O)c1ccc(NC(=O)N2CCCC2c2cccs2)cc1. The van der Waals surface area contributed by atoms with Gasteiger partial charge in [0.15, 0.2) is 0 Å². The van der Waals surface area contributed by atoms with Crippen LogP contribution in [-0.2, 0) is 4.74 Å². The van der Waals surface area contributed by atoms with E-state index in [1.165, 1.54) is 4.88 Å². The highest BCUT2D eigenvalue weighted by molar-refractivity contribution is 7.10. The third-order valence-corrected chi connectivity index (χ3v) is 5.01. The Labute approximate surface area is 145 Å². The molecule has 0 aliphatic carbocycles. The Morgan fingerprint density at radius 2 is 2.08 bits per heavy atom. The van der Waals surface area contributed by atoms with Gasteiger partial charge < -0.3 is 15.0 Å². The lowest BCUT2D eigenvalue weighted by molar-refractivity contribution is 0.0526. The molecule has 1 N–H and O–H groups in total. The molecule has 5 nitrogen and oxygen atoms in total. The van der Waals surface area contributed by atoms with Gasteiger partial charge in [0.2, 0.25) is 0 Å². The molecule has 1 aliphatic heterocycles. The van der Waals surface area contributed by atoms with Gasteiger partial charge in [0.25, 0.3) is 0 Å². The zero-order valence-corrected chi connectivity index (χ0v) is 14.3. The maximum Gasteiger partial charge on any atom is 0.338 e. The van der Waals surface area contributed by atoms with Crippen molar-refractivity contribution in [2.45, 2.75) is 25.8 Å². The lowest BCUT2D eigenvalue weighted by Crippen LogP contribution is -2.34. The first-order valence-corrected chi connectivity index (χ1v) is 8.95. The molecule has 126 valence electrons. The van der Waals surface area contributed by atoms with Gasteiger partial charge in [-0.1, -0.05) is 6.07 Å². The minimum Gasteiger partial charge on any atom is -0.462 e. The largest absolute Gasteiger partial charge is 0.462 e. The van der Waals surface area contributed by atoms with E-state index in [0.717, 1.165) is 19.4 Å². The maximum atomic E-state index is 12.6. The predicted molar refractivity (Wildman–Crippen MR) is 94.4 cm³/mol. The molecule has 0 spiro atoms. The fourth-order valence-corrected chi connectivity index (χ4v) is 3.76. The highest BCUT2D eigenvalue weighted by atomic mass is 32.1. The number of amides is 2. The summed E-state index contributed by atoms with van der Waals surface area (Å²) in [5, 5.41) is 4.95. The van der Waals surface area contributed by atoms with Gasteiger partial charge in [0, 0.05) is 17.1 Å². The number of ether oxygens (including phenoxy) is 1. The summed E-state index contributed by atoms with van der Waals surface area (Å²) < 4.78 is 4.95. The van der Waals surface area contributed by atoms with Crippen molar-refractivity contribution in [1.29, 1.82) is 0 Å². The van der Waals surface area contributed by atoms with Crippen molar-refractivity contribution < 1.29 is 14.3 Å². The third-order valence-electron chi connectivity index (χ3n) is 4.03. The Morgan fingerprint density at radius 1 is 1.29 bits per heavy atom. The van der Waals surface area contributed by atoms with Crippen molar-refractivity contribution in [2.75, 3.05) is 18.5 Å². The van der Waals surface area contributed by atoms with Crippen molar-refractivity contribution in [3.8, 4) is 0 Å². The van der Waals surface area contributed by atoms with E-state index in [2.05, 4.69) is 11.4 Å². The predicted octanol–water partition coefficient (Wildman–Crippen LogP) is 4.29. The Morgan fingerprint density at radius 3 is 2.75 bits per heavy atom. The molecule has 1 atom stereocenters. The molecule has 0 saturated carbocycles. The van der Waals surface area contributed by atoms with Gasteiger partial charge in [-0.2, -0.15) is 0 Å². The van der Waals surface area contributed by atoms with Gasteiger partial charge >= 0.3 is 12.0 Å². The molecule has 1 unspecified atom stereocenters. The van der Waals surface area contributed by atoms with Crippen LogP contribution in [0, 0.1) is 0 Å². The van der Waals surface area contributed by atoms with Crippen LogP contribution in [0.4, 0.5) is 10.5 Å². The molecule has 1 saturated heterocycles. The summed E-state index contributed by atoms with van der Waals surface area (Å²) in [5.41, 5.74) is 1.15. The van der Waals surface area contributed by atoms with Gasteiger partial charge in [0.1, 0.15) is 0 Å². The topological polar surface area (TPSA) is 58.6 Å². The number of hydrogen-bond donors (Lipinski definition) is 1. The molecule has 3 rings (SSSR count). The fourth-order valence-electron chi connectivity index (χ4n) is 2.89. The second kappa shape index (κ2) is 7.49.